The van der Waals surface area contributed by atoms with Gasteiger partial charge in [0.05, 0.1) is 19.8 Å². The fourth-order valence-electron chi connectivity index (χ4n) is 2.11. The smallest absolute Gasteiger partial charge is 0.427 e. The SMILES string of the molecule is c1ccc(OP2OCC3(CO2)COP(Oc2ccccc2)OO3)cc1. The molecule has 0 aliphatic carbocycles. The third-order valence-corrected chi connectivity index (χ3v) is 5.36. The van der Waals surface area contributed by atoms with Crippen LogP contribution in [0.15, 0.2) is 60.7 Å². The van der Waals surface area contributed by atoms with E-state index in [1.165, 1.54) is 0 Å². The largest absolute Gasteiger partial charge is 0.427 e. The van der Waals surface area contributed by atoms with Gasteiger partial charge in [-0.1, -0.05) is 36.4 Å². The predicted octanol–water partition coefficient (Wildman–Crippen LogP) is 4.36. The molecular weight excluding hydrogens is 366 g/mol. The van der Waals surface area contributed by atoms with E-state index in [0.29, 0.717) is 11.5 Å². The second kappa shape index (κ2) is 7.94. The summed E-state index contributed by atoms with van der Waals surface area (Å²) in [5.41, 5.74) is -0.808. The van der Waals surface area contributed by atoms with E-state index in [-0.39, 0.29) is 19.8 Å². The minimum atomic E-state index is -1.61. The van der Waals surface area contributed by atoms with Crippen LogP contribution in [-0.4, -0.2) is 25.4 Å². The van der Waals surface area contributed by atoms with Crippen LogP contribution in [0.5, 0.6) is 11.5 Å². The fourth-order valence-corrected chi connectivity index (χ4v) is 4.24. The molecular formula is C16H16O7P2. The highest BCUT2D eigenvalue weighted by molar-refractivity contribution is 7.42. The lowest BCUT2D eigenvalue weighted by atomic mass is 10.1. The van der Waals surface area contributed by atoms with E-state index < -0.39 is 22.8 Å². The molecule has 0 saturated carbocycles. The summed E-state index contributed by atoms with van der Waals surface area (Å²) in [5.74, 6) is 1.35. The maximum absolute atomic E-state index is 5.65. The number of rotatable bonds is 4. The molecule has 1 spiro atoms. The Labute approximate surface area is 147 Å². The lowest BCUT2D eigenvalue weighted by Gasteiger charge is -2.39. The van der Waals surface area contributed by atoms with Gasteiger partial charge in [-0.3, -0.25) is 13.6 Å². The average molecular weight is 382 g/mol. The molecule has 2 heterocycles. The summed E-state index contributed by atoms with van der Waals surface area (Å²) in [6.45, 7) is 0.750. The van der Waals surface area contributed by atoms with Gasteiger partial charge in [0, 0.05) is 0 Å². The van der Waals surface area contributed by atoms with Crippen molar-refractivity contribution < 1.29 is 32.2 Å². The van der Waals surface area contributed by atoms with Crippen molar-refractivity contribution in [2.24, 2.45) is 0 Å². The van der Waals surface area contributed by atoms with Crippen LogP contribution in [0.4, 0.5) is 0 Å². The van der Waals surface area contributed by atoms with Crippen molar-refractivity contribution in [1.82, 2.24) is 0 Å². The van der Waals surface area contributed by atoms with Crippen molar-refractivity contribution in [3.05, 3.63) is 60.7 Å². The second-order valence-corrected chi connectivity index (χ2v) is 7.60. The zero-order valence-electron chi connectivity index (χ0n) is 13.1. The second-order valence-electron chi connectivity index (χ2n) is 5.42. The van der Waals surface area contributed by atoms with Gasteiger partial charge < -0.3 is 9.05 Å². The molecule has 7 nitrogen and oxygen atoms in total. The quantitative estimate of drug-likeness (QED) is 0.575. The van der Waals surface area contributed by atoms with E-state index in [2.05, 4.69) is 0 Å². The van der Waals surface area contributed by atoms with Gasteiger partial charge in [0.2, 0.25) is 0 Å². The molecule has 2 fully saturated rings. The molecule has 25 heavy (non-hydrogen) atoms. The van der Waals surface area contributed by atoms with Gasteiger partial charge in [-0.25, -0.2) is 4.89 Å². The van der Waals surface area contributed by atoms with Gasteiger partial charge in [-0.2, -0.15) is 0 Å². The molecule has 1 unspecified atom stereocenters. The average Bonchev–Trinajstić information content (AvgIpc) is 2.68. The Bertz CT molecular complexity index is 594. The van der Waals surface area contributed by atoms with Crippen molar-refractivity contribution in [1.29, 1.82) is 0 Å². The summed E-state index contributed by atoms with van der Waals surface area (Å²) >= 11 is 0. The molecule has 4 rings (SSSR count). The minimum Gasteiger partial charge on any atom is -0.427 e. The Morgan fingerprint density at radius 3 is 1.68 bits per heavy atom. The summed E-state index contributed by atoms with van der Waals surface area (Å²) in [6.07, 6.45) is 0. The molecule has 2 aliphatic rings. The molecule has 2 aliphatic heterocycles. The third kappa shape index (κ3) is 4.46. The summed E-state index contributed by atoms with van der Waals surface area (Å²) < 4.78 is 33.4. The van der Waals surface area contributed by atoms with E-state index in [9.17, 15) is 0 Å². The van der Waals surface area contributed by atoms with Gasteiger partial charge in [0.15, 0.2) is 5.60 Å². The first kappa shape index (κ1) is 17.1. The first-order chi connectivity index (χ1) is 12.3. The molecule has 2 saturated heterocycles. The molecule has 0 radical (unpaired) electrons. The van der Waals surface area contributed by atoms with E-state index in [0.717, 1.165) is 0 Å². The van der Waals surface area contributed by atoms with Crippen LogP contribution >= 0.6 is 17.2 Å². The van der Waals surface area contributed by atoms with Crippen LogP contribution in [-0.2, 0) is 23.1 Å². The number of para-hydroxylation sites is 2. The van der Waals surface area contributed by atoms with Gasteiger partial charge >= 0.3 is 17.2 Å². The molecule has 1 atom stereocenters. The molecule has 0 amide bonds. The fraction of sp³-hybridized carbons (Fsp3) is 0.250. The first-order valence-corrected chi connectivity index (χ1v) is 9.81. The summed E-state index contributed by atoms with van der Waals surface area (Å²) in [5, 5.41) is 0. The van der Waals surface area contributed by atoms with Gasteiger partial charge in [-0.05, 0) is 24.3 Å². The normalized spacial score (nSPS) is 29.3. The topological polar surface area (TPSA) is 64.6 Å². The van der Waals surface area contributed by atoms with E-state index in [1.807, 2.05) is 60.7 Å². The van der Waals surface area contributed by atoms with Crippen molar-refractivity contribution in [2.45, 2.75) is 5.60 Å². The zero-order chi connectivity index (χ0) is 17.0. The van der Waals surface area contributed by atoms with Gasteiger partial charge in [0.1, 0.15) is 11.5 Å². The molecule has 0 bridgehead atoms. The van der Waals surface area contributed by atoms with Crippen LogP contribution in [0.3, 0.4) is 0 Å². The van der Waals surface area contributed by atoms with Crippen LogP contribution in [0.2, 0.25) is 0 Å². The minimum absolute atomic E-state index is 0.250. The molecule has 132 valence electrons. The lowest BCUT2D eigenvalue weighted by Crippen LogP contribution is -2.50. The van der Waals surface area contributed by atoms with E-state index >= 15 is 0 Å². The maximum Gasteiger partial charge on any atom is 0.427 e. The third-order valence-electron chi connectivity index (χ3n) is 3.42. The predicted molar refractivity (Wildman–Crippen MR) is 90.7 cm³/mol. The highest BCUT2D eigenvalue weighted by atomic mass is 31.2. The molecule has 0 N–H and O–H groups in total. The zero-order valence-corrected chi connectivity index (χ0v) is 14.9. The Kier molecular flexibility index (Phi) is 5.44. The monoisotopic (exact) mass is 382 g/mol. The number of benzene rings is 2. The number of hydrogen-bond donors (Lipinski definition) is 0. The van der Waals surface area contributed by atoms with Gasteiger partial charge in [-0.15, -0.1) is 4.67 Å². The first-order valence-electron chi connectivity index (χ1n) is 7.62. The van der Waals surface area contributed by atoms with E-state index in [4.69, 9.17) is 32.2 Å². The summed E-state index contributed by atoms with van der Waals surface area (Å²) in [7, 11) is -3.08. The van der Waals surface area contributed by atoms with Crippen molar-refractivity contribution in [2.75, 3.05) is 19.8 Å². The molecule has 0 aromatic heterocycles. The highest BCUT2D eigenvalue weighted by Gasteiger charge is 2.47. The van der Waals surface area contributed by atoms with Crippen molar-refractivity contribution in [3.63, 3.8) is 0 Å². The Morgan fingerprint density at radius 1 is 0.680 bits per heavy atom. The van der Waals surface area contributed by atoms with Crippen LogP contribution < -0.4 is 9.05 Å². The summed E-state index contributed by atoms with van der Waals surface area (Å²) in [4.78, 5) is 5.47. The Hall–Kier alpha value is -1.30. The van der Waals surface area contributed by atoms with E-state index in [1.54, 1.807) is 0 Å². The van der Waals surface area contributed by atoms with Crippen molar-refractivity contribution >= 4 is 17.2 Å². The van der Waals surface area contributed by atoms with Crippen molar-refractivity contribution in [3.8, 4) is 11.5 Å². The standard InChI is InChI=1S/C16H16O7P2/c1-3-7-14(8-4-1)20-24-17-11-16(12-18-24)13-19-25(23-22-16)21-15-9-5-2-6-10-15/h1-10H,11-13H2. The van der Waals surface area contributed by atoms with Crippen LogP contribution in [0, 0.1) is 0 Å². The number of hydrogen-bond acceptors (Lipinski definition) is 7. The highest BCUT2D eigenvalue weighted by Crippen LogP contribution is 2.51. The molecule has 9 heteroatoms. The molecule has 2 aromatic rings. The van der Waals surface area contributed by atoms with Crippen LogP contribution in [0.25, 0.3) is 0 Å². The Balaban J connectivity index is 1.25. The molecule has 2 aromatic carbocycles. The van der Waals surface area contributed by atoms with Crippen LogP contribution in [0.1, 0.15) is 0 Å². The lowest BCUT2D eigenvalue weighted by molar-refractivity contribution is -0.342. The Morgan fingerprint density at radius 2 is 1.16 bits per heavy atom. The maximum atomic E-state index is 5.65. The summed E-state index contributed by atoms with van der Waals surface area (Å²) in [6, 6.07) is 18.7. The van der Waals surface area contributed by atoms with Gasteiger partial charge in [0.25, 0.3) is 0 Å².